The maximum absolute atomic E-state index is 11.7. The summed E-state index contributed by atoms with van der Waals surface area (Å²) in [6.07, 6.45) is 0.959. The molecule has 1 amide bonds. The van der Waals surface area contributed by atoms with Gasteiger partial charge in [0.2, 0.25) is 5.91 Å². The number of carbonyl (C=O) groups excluding carboxylic acids is 1. The molecule has 21 heavy (non-hydrogen) atoms. The summed E-state index contributed by atoms with van der Waals surface area (Å²) in [5.74, 6) is 1.32. The van der Waals surface area contributed by atoms with E-state index < -0.39 is 0 Å². The van der Waals surface area contributed by atoms with Crippen molar-refractivity contribution in [3.8, 4) is 0 Å². The second-order valence-electron chi connectivity index (χ2n) is 5.13. The molecule has 0 aliphatic heterocycles. The lowest BCUT2D eigenvalue weighted by atomic mass is 10.2. The molecular formula is C14H22Cl2N4O. The van der Waals surface area contributed by atoms with Crippen molar-refractivity contribution in [2.24, 2.45) is 5.92 Å². The number of nitrogens with zero attached hydrogens (tertiary/aromatic N) is 1. The number of aromatic nitrogens is 1. The minimum atomic E-state index is -0.0976. The first-order chi connectivity index (χ1) is 9.93. The number of hydrogen-bond acceptors (Lipinski definition) is 4. The highest BCUT2D eigenvalue weighted by Crippen LogP contribution is 2.29. The molecule has 0 aliphatic rings. The van der Waals surface area contributed by atoms with Crippen LogP contribution in [0.15, 0.2) is 6.07 Å². The van der Waals surface area contributed by atoms with Gasteiger partial charge in [0.05, 0.1) is 16.6 Å². The molecule has 0 atom stereocenters. The van der Waals surface area contributed by atoms with Gasteiger partial charge in [0.1, 0.15) is 11.6 Å². The van der Waals surface area contributed by atoms with Crippen molar-refractivity contribution in [2.45, 2.75) is 27.2 Å². The number of pyridine rings is 1. The molecule has 0 bridgehead atoms. The number of carbonyl (C=O) groups is 1. The third kappa shape index (κ3) is 6.40. The Bertz CT molecular complexity index is 480. The number of halogens is 2. The zero-order valence-corrected chi connectivity index (χ0v) is 14.1. The first-order valence-corrected chi connectivity index (χ1v) is 7.80. The summed E-state index contributed by atoms with van der Waals surface area (Å²) in [5, 5.41) is 9.71. The molecule has 0 saturated carbocycles. The normalized spacial score (nSPS) is 10.6. The minimum absolute atomic E-state index is 0.0976. The Kier molecular flexibility index (Phi) is 7.61. The maximum atomic E-state index is 11.7. The maximum Gasteiger partial charge on any atom is 0.239 e. The fraction of sp³-hybridized carbons (Fsp3) is 0.571. The number of amides is 1. The standard InChI is InChI=1S/C14H22Cl2N4O/c1-4-5-17-13-10(15)6-11(16)14(20-13)19-8-12(21)18-7-9(2)3/h6,9H,4-5,7-8H2,1-3H3,(H,18,21)(H2,17,19,20). The van der Waals surface area contributed by atoms with Crippen LogP contribution in [0.3, 0.4) is 0 Å². The minimum Gasteiger partial charge on any atom is -0.369 e. The Labute approximate surface area is 135 Å². The van der Waals surface area contributed by atoms with Crippen LogP contribution in [-0.4, -0.2) is 30.5 Å². The van der Waals surface area contributed by atoms with E-state index >= 15 is 0 Å². The second kappa shape index (κ2) is 8.95. The van der Waals surface area contributed by atoms with Crippen LogP contribution in [0.4, 0.5) is 11.6 Å². The lowest BCUT2D eigenvalue weighted by Crippen LogP contribution is -2.32. The Morgan fingerprint density at radius 1 is 1.24 bits per heavy atom. The first kappa shape index (κ1) is 17.9. The topological polar surface area (TPSA) is 66.0 Å². The molecule has 0 fully saturated rings. The smallest absolute Gasteiger partial charge is 0.239 e. The predicted molar refractivity (Wildman–Crippen MR) is 89.4 cm³/mol. The van der Waals surface area contributed by atoms with Crippen LogP contribution in [0.25, 0.3) is 0 Å². The lowest BCUT2D eigenvalue weighted by molar-refractivity contribution is -0.119. The summed E-state index contributed by atoms with van der Waals surface area (Å²) >= 11 is 12.1. The molecule has 3 N–H and O–H groups in total. The molecule has 1 aromatic rings. The van der Waals surface area contributed by atoms with Gasteiger partial charge in [-0.3, -0.25) is 4.79 Å². The largest absolute Gasteiger partial charge is 0.369 e. The predicted octanol–water partition coefficient (Wildman–Crippen LogP) is 3.39. The van der Waals surface area contributed by atoms with Crippen LogP contribution in [0.2, 0.25) is 10.0 Å². The van der Waals surface area contributed by atoms with Gasteiger partial charge in [-0.15, -0.1) is 0 Å². The molecule has 0 saturated heterocycles. The molecule has 1 heterocycles. The Morgan fingerprint density at radius 2 is 1.86 bits per heavy atom. The summed E-state index contributed by atoms with van der Waals surface area (Å²) in [4.78, 5) is 16.0. The average molecular weight is 333 g/mol. The fourth-order valence-electron chi connectivity index (χ4n) is 1.50. The Hall–Kier alpha value is -1.20. The molecule has 0 radical (unpaired) electrons. The van der Waals surface area contributed by atoms with Gasteiger partial charge in [-0.25, -0.2) is 4.98 Å². The van der Waals surface area contributed by atoms with Crippen LogP contribution in [0, 0.1) is 5.92 Å². The number of anilines is 2. The quantitative estimate of drug-likeness (QED) is 0.682. The van der Waals surface area contributed by atoms with Gasteiger partial charge < -0.3 is 16.0 Å². The summed E-state index contributed by atoms with van der Waals surface area (Å²) in [6, 6.07) is 1.61. The molecule has 5 nitrogen and oxygen atoms in total. The van der Waals surface area contributed by atoms with E-state index in [9.17, 15) is 4.79 Å². The van der Waals surface area contributed by atoms with E-state index in [4.69, 9.17) is 23.2 Å². The van der Waals surface area contributed by atoms with Crippen molar-refractivity contribution in [3.63, 3.8) is 0 Å². The van der Waals surface area contributed by atoms with Crippen molar-refractivity contribution < 1.29 is 4.79 Å². The molecule has 0 aliphatic carbocycles. The monoisotopic (exact) mass is 332 g/mol. The number of rotatable bonds is 8. The van der Waals surface area contributed by atoms with Gasteiger partial charge in [-0.05, 0) is 18.4 Å². The SMILES string of the molecule is CCCNc1nc(NCC(=O)NCC(C)C)c(Cl)cc1Cl. The van der Waals surface area contributed by atoms with Crippen LogP contribution in [0.5, 0.6) is 0 Å². The van der Waals surface area contributed by atoms with Gasteiger partial charge >= 0.3 is 0 Å². The molecule has 0 spiro atoms. The third-order valence-corrected chi connectivity index (χ3v) is 3.17. The lowest BCUT2D eigenvalue weighted by Gasteiger charge is -2.12. The van der Waals surface area contributed by atoms with Crippen molar-refractivity contribution in [1.82, 2.24) is 10.3 Å². The zero-order valence-electron chi connectivity index (χ0n) is 12.6. The van der Waals surface area contributed by atoms with E-state index in [0.29, 0.717) is 34.1 Å². The highest BCUT2D eigenvalue weighted by Gasteiger charge is 2.10. The summed E-state index contributed by atoms with van der Waals surface area (Å²) < 4.78 is 0. The molecule has 0 unspecified atom stereocenters. The third-order valence-electron chi connectivity index (χ3n) is 2.60. The summed E-state index contributed by atoms with van der Waals surface area (Å²) in [7, 11) is 0. The van der Waals surface area contributed by atoms with E-state index in [-0.39, 0.29) is 12.5 Å². The summed E-state index contributed by atoms with van der Waals surface area (Å²) in [5.41, 5.74) is 0. The second-order valence-corrected chi connectivity index (χ2v) is 5.94. The van der Waals surface area contributed by atoms with Gasteiger partial charge in [-0.2, -0.15) is 0 Å². The van der Waals surface area contributed by atoms with Gasteiger partial charge in [-0.1, -0.05) is 44.0 Å². The number of nitrogens with one attached hydrogen (secondary N) is 3. The van der Waals surface area contributed by atoms with Crippen molar-refractivity contribution in [3.05, 3.63) is 16.1 Å². The number of hydrogen-bond donors (Lipinski definition) is 3. The van der Waals surface area contributed by atoms with Crippen LogP contribution < -0.4 is 16.0 Å². The van der Waals surface area contributed by atoms with E-state index in [1.54, 1.807) is 6.07 Å². The fourth-order valence-corrected chi connectivity index (χ4v) is 1.99. The Morgan fingerprint density at radius 3 is 2.43 bits per heavy atom. The molecule has 118 valence electrons. The van der Waals surface area contributed by atoms with Crippen LogP contribution in [-0.2, 0) is 4.79 Å². The van der Waals surface area contributed by atoms with Gasteiger partial charge in [0.15, 0.2) is 0 Å². The zero-order chi connectivity index (χ0) is 15.8. The van der Waals surface area contributed by atoms with Gasteiger partial charge in [0.25, 0.3) is 0 Å². The molecule has 1 rings (SSSR count). The average Bonchev–Trinajstić information content (AvgIpc) is 2.43. The van der Waals surface area contributed by atoms with Gasteiger partial charge in [0, 0.05) is 13.1 Å². The van der Waals surface area contributed by atoms with E-state index in [1.807, 2.05) is 13.8 Å². The first-order valence-electron chi connectivity index (χ1n) is 7.04. The van der Waals surface area contributed by atoms with E-state index in [0.717, 1.165) is 13.0 Å². The summed E-state index contributed by atoms with van der Waals surface area (Å²) in [6.45, 7) is 7.66. The van der Waals surface area contributed by atoms with Crippen LogP contribution >= 0.6 is 23.2 Å². The molecule has 7 heteroatoms. The van der Waals surface area contributed by atoms with Crippen molar-refractivity contribution >= 4 is 40.7 Å². The Balaban J connectivity index is 2.63. The molecule has 0 aromatic carbocycles. The van der Waals surface area contributed by atoms with E-state index in [1.165, 1.54) is 0 Å². The molecule has 1 aromatic heterocycles. The van der Waals surface area contributed by atoms with Crippen molar-refractivity contribution in [1.29, 1.82) is 0 Å². The molecular weight excluding hydrogens is 311 g/mol. The van der Waals surface area contributed by atoms with Crippen LogP contribution in [0.1, 0.15) is 27.2 Å². The van der Waals surface area contributed by atoms with Crippen molar-refractivity contribution in [2.75, 3.05) is 30.3 Å². The van der Waals surface area contributed by atoms with E-state index in [2.05, 4.69) is 27.9 Å². The highest BCUT2D eigenvalue weighted by molar-refractivity contribution is 6.37. The highest BCUT2D eigenvalue weighted by atomic mass is 35.5.